The highest BCUT2D eigenvalue weighted by Gasteiger charge is 2.53. The summed E-state index contributed by atoms with van der Waals surface area (Å²) in [5, 5.41) is 26.6. The van der Waals surface area contributed by atoms with Gasteiger partial charge in [0.2, 0.25) is 23.0 Å². The van der Waals surface area contributed by atoms with Crippen LogP contribution in [0.1, 0.15) is 30.0 Å². The molecular formula is C22H22N8O8S2. The predicted octanol–water partition coefficient (Wildman–Crippen LogP) is -2.81. The number of pyridine rings is 1. The van der Waals surface area contributed by atoms with E-state index in [-0.39, 0.29) is 34.5 Å². The topological polar surface area (TPSA) is 247 Å². The monoisotopic (exact) mass is 590 g/mol. The fraction of sp³-hybridized carbons (Fsp3) is 0.318. The minimum Gasteiger partial charge on any atom is -0.543 e. The molecule has 0 aliphatic carbocycles. The molecule has 1 saturated heterocycles. The number of aromatic nitrogens is 3. The van der Waals surface area contributed by atoms with Crippen LogP contribution < -0.4 is 26.5 Å². The molecule has 0 radical (unpaired) electrons. The van der Waals surface area contributed by atoms with Gasteiger partial charge in [-0.3, -0.25) is 19.3 Å². The first-order valence-corrected chi connectivity index (χ1v) is 13.2. The molecule has 3 amide bonds. The van der Waals surface area contributed by atoms with E-state index in [1.165, 1.54) is 37.7 Å². The van der Waals surface area contributed by atoms with Gasteiger partial charge in [-0.25, -0.2) is 9.36 Å². The van der Waals surface area contributed by atoms with Crippen LogP contribution in [0.15, 0.2) is 41.0 Å². The Morgan fingerprint density at radius 1 is 1.32 bits per heavy atom. The molecule has 0 spiro atoms. The lowest BCUT2D eigenvalue weighted by Crippen LogP contribution is -2.71. The van der Waals surface area contributed by atoms with Crippen molar-refractivity contribution in [3.05, 3.63) is 47.2 Å². The van der Waals surface area contributed by atoms with Crippen LogP contribution in [0.25, 0.3) is 0 Å². The smallest absolute Gasteiger partial charge is 0.350 e. The van der Waals surface area contributed by atoms with Gasteiger partial charge in [-0.05, 0) is 13.8 Å². The molecule has 2 aromatic rings. The number of nitrogens with one attached hydrogen (secondary N) is 1. The van der Waals surface area contributed by atoms with Crippen LogP contribution in [0, 0.1) is 0 Å². The molecule has 4 rings (SSSR count). The standard InChI is InChI=1S/C22H22N8O8S2/c1-22(2,20(36)37)38-27-11(15-26-21(24)40-28-15)16(32)25-12-17(33)30-13(19(34)35)10(8-39-18(12)30)7-29-5-3-9(4-6-29)14(23)31/h3-6,12,18H,7-8H2,1-2H3,(H6-,23,24,25,26,28,31,32,34,35,36,37)/b27-11-/t12-,18-/m1/s1. The van der Waals surface area contributed by atoms with Crippen molar-refractivity contribution in [1.82, 2.24) is 19.6 Å². The Hall–Kier alpha value is -4.58. The Morgan fingerprint density at radius 2 is 2.00 bits per heavy atom. The summed E-state index contributed by atoms with van der Waals surface area (Å²) < 4.78 is 5.51. The second-order valence-corrected chi connectivity index (χ2v) is 10.9. The average molecular weight is 591 g/mol. The summed E-state index contributed by atoms with van der Waals surface area (Å²) in [4.78, 5) is 70.8. The van der Waals surface area contributed by atoms with Gasteiger partial charge in [-0.2, -0.15) is 9.36 Å². The summed E-state index contributed by atoms with van der Waals surface area (Å²) >= 11 is 1.97. The summed E-state index contributed by atoms with van der Waals surface area (Å²) in [6, 6.07) is 1.81. The first kappa shape index (κ1) is 28.4. The van der Waals surface area contributed by atoms with Gasteiger partial charge in [-0.15, -0.1) is 11.8 Å². The number of nitrogens with zero attached hydrogens (tertiary/aromatic N) is 5. The SMILES string of the molecule is CC(C)(O/N=C(\C(=O)N[C@@H]1C(=O)N2C(C(=O)[O-])=C(C[n+]3ccc(C(N)=O)cc3)CS[C@H]12)c1nsc(N)n1)C(=O)O. The van der Waals surface area contributed by atoms with E-state index in [0.717, 1.165) is 16.4 Å². The third-order valence-corrected chi connectivity index (χ3v) is 7.71. The molecule has 0 saturated carbocycles. The predicted molar refractivity (Wildman–Crippen MR) is 136 cm³/mol. The third kappa shape index (κ3) is 5.57. The van der Waals surface area contributed by atoms with Crippen molar-refractivity contribution in [3.8, 4) is 0 Å². The molecule has 2 aliphatic rings. The first-order valence-electron chi connectivity index (χ1n) is 11.4. The number of β-lactam (4-membered cyclic amide) rings is 1. The van der Waals surface area contributed by atoms with Gasteiger partial charge < -0.3 is 36.6 Å². The van der Waals surface area contributed by atoms with Gasteiger partial charge >= 0.3 is 5.97 Å². The van der Waals surface area contributed by atoms with E-state index in [0.29, 0.717) is 5.57 Å². The summed E-state index contributed by atoms with van der Waals surface area (Å²) in [6.07, 6.45) is 3.09. The fourth-order valence-corrected chi connectivity index (χ4v) is 5.43. The molecule has 210 valence electrons. The second kappa shape index (κ2) is 10.9. The molecule has 4 heterocycles. The molecule has 6 N–H and O–H groups in total. The summed E-state index contributed by atoms with van der Waals surface area (Å²) in [6.45, 7) is 2.51. The van der Waals surface area contributed by atoms with Gasteiger partial charge in [0.25, 0.3) is 11.8 Å². The van der Waals surface area contributed by atoms with Crippen LogP contribution in [0.3, 0.4) is 0 Å². The summed E-state index contributed by atoms with van der Waals surface area (Å²) in [5.41, 5.74) is 8.84. The number of hydrogen-bond acceptors (Lipinski definition) is 13. The first-order chi connectivity index (χ1) is 18.8. The largest absolute Gasteiger partial charge is 0.543 e. The highest BCUT2D eigenvalue weighted by molar-refractivity contribution is 8.00. The number of oxime groups is 1. The second-order valence-electron chi connectivity index (χ2n) is 9.03. The van der Waals surface area contributed by atoms with Crippen LogP contribution in [0.4, 0.5) is 5.13 Å². The molecule has 16 nitrogen and oxygen atoms in total. The Bertz CT molecular complexity index is 1470. The number of carbonyl (C=O) groups is 5. The molecule has 2 aliphatic heterocycles. The highest BCUT2D eigenvalue weighted by atomic mass is 32.2. The van der Waals surface area contributed by atoms with E-state index < -0.39 is 52.4 Å². The van der Waals surface area contributed by atoms with E-state index in [1.807, 2.05) is 0 Å². The highest BCUT2D eigenvalue weighted by Crippen LogP contribution is 2.40. The van der Waals surface area contributed by atoms with Gasteiger partial charge in [-0.1, -0.05) is 5.16 Å². The number of hydrogen-bond donors (Lipinski definition) is 4. The van der Waals surface area contributed by atoms with E-state index in [9.17, 15) is 34.2 Å². The number of amides is 3. The van der Waals surface area contributed by atoms with E-state index in [1.54, 1.807) is 17.0 Å². The zero-order valence-corrected chi connectivity index (χ0v) is 22.5. The normalized spacial score (nSPS) is 19.0. The average Bonchev–Trinajstić information content (AvgIpc) is 3.32. The van der Waals surface area contributed by atoms with Crippen LogP contribution >= 0.6 is 23.3 Å². The number of nitrogen functional groups attached to an aromatic ring is 1. The van der Waals surface area contributed by atoms with Crippen molar-refractivity contribution in [2.24, 2.45) is 10.9 Å². The Labute approximate surface area is 233 Å². The molecule has 40 heavy (non-hydrogen) atoms. The molecule has 0 bridgehead atoms. The van der Waals surface area contributed by atoms with Gasteiger partial charge in [0.1, 0.15) is 11.4 Å². The van der Waals surface area contributed by atoms with Crippen molar-refractivity contribution < 1.29 is 43.6 Å². The van der Waals surface area contributed by atoms with Crippen molar-refractivity contribution in [1.29, 1.82) is 0 Å². The Kier molecular flexibility index (Phi) is 7.74. The molecule has 1 fully saturated rings. The number of carbonyl (C=O) groups excluding carboxylic acids is 4. The maximum atomic E-state index is 13.1. The van der Waals surface area contributed by atoms with Crippen LogP contribution in [-0.4, -0.2) is 77.5 Å². The van der Waals surface area contributed by atoms with Gasteiger partial charge in [0.05, 0.1) is 17.2 Å². The number of primary amides is 1. The Morgan fingerprint density at radius 3 is 2.55 bits per heavy atom. The zero-order valence-electron chi connectivity index (χ0n) is 20.9. The number of anilines is 1. The molecule has 2 aromatic heterocycles. The van der Waals surface area contributed by atoms with Gasteiger partial charge in [0.15, 0.2) is 24.1 Å². The van der Waals surface area contributed by atoms with Gasteiger partial charge in [0, 0.05) is 35.0 Å². The van der Waals surface area contributed by atoms with Crippen LogP contribution in [0.2, 0.25) is 0 Å². The zero-order chi connectivity index (χ0) is 29.4. The number of carboxylic acids is 2. The number of carboxylic acid groups (broad SMARTS) is 2. The molecule has 2 atom stereocenters. The third-order valence-electron chi connectivity index (χ3n) is 5.83. The maximum absolute atomic E-state index is 13.1. The minimum absolute atomic E-state index is 0.000120. The maximum Gasteiger partial charge on any atom is 0.350 e. The van der Waals surface area contributed by atoms with E-state index in [2.05, 4.69) is 19.8 Å². The molecular weight excluding hydrogens is 568 g/mol. The lowest BCUT2D eigenvalue weighted by Gasteiger charge is -2.50. The van der Waals surface area contributed by atoms with E-state index >= 15 is 0 Å². The number of aliphatic carboxylic acids is 2. The quantitative estimate of drug-likeness (QED) is 0.0948. The molecule has 18 heteroatoms. The van der Waals surface area contributed by atoms with Crippen molar-refractivity contribution in [3.63, 3.8) is 0 Å². The lowest BCUT2D eigenvalue weighted by atomic mass is 10.0. The number of fused-ring (bicyclic) bond motifs is 1. The Balaban J connectivity index is 1.54. The molecule has 0 aromatic carbocycles. The number of rotatable bonds is 10. The van der Waals surface area contributed by atoms with Crippen molar-refractivity contribution in [2.45, 2.75) is 37.4 Å². The van der Waals surface area contributed by atoms with Crippen molar-refractivity contribution in [2.75, 3.05) is 11.5 Å². The minimum atomic E-state index is -1.81. The molecule has 0 unspecified atom stereocenters. The lowest BCUT2D eigenvalue weighted by molar-refractivity contribution is -0.689. The summed E-state index contributed by atoms with van der Waals surface area (Å²) in [5.74, 6) is -5.28. The number of thioether (sulfide) groups is 1. The summed E-state index contributed by atoms with van der Waals surface area (Å²) in [7, 11) is 0. The van der Waals surface area contributed by atoms with Crippen LogP contribution in [0.5, 0.6) is 0 Å². The fourth-order valence-electron chi connectivity index (χ4n) is 3.66. The van der Waals surface area contributed by atoms with E-state index in [4.69, 9.17) is 16.3 Å². The number of nitrogens with two attached hydrogens (primary N) is 2. The van der Waals surface area contributed by atoms with Crippen LogP contribution in [-0.2, 0) is 30.6 Å². The van der Waals surface area contributed by atoms with Crippen molar-refractivity contribution >= 4 is 63.8 Å².